The molecule has 0 aliphatic carbocycles. The number of para-hydroxylation sites is 2. The van der Waals surface area contributed by atoms with Gasteiger partial charge in [0.1, 0.15) is 6.10 Å². The number of hydrogen-bond acceptors (Lipinski definition) is 4. The molecule has 1 amide bonds. The molecule has 1 heterocycles. The van der Waals surface area contributed by atoms with Crippen molar-refractivity contribution in [1.29, 1.82) is 5.26 Å². The van der Waals surface area contributed by atoms with Gasteiger partial charge in [-0.3, -0.25) is 4.79 Å². The zero-order valence-electron chi connectivity index (χ0n) is 12.7. The number of rotatable bonds is 4. The third-order valence-electron chi connectivity index (χ3n) is 3.76. The van der Waals surface area contributed by atoms with Crippen molar-refractivity contribution in [1.82, 2.24) is 4.90 Å². The first-order valence-corrected chi connectivity index (χ1v) is 7.30. The number of nitriles is 1. The summed E-state index contributed by atoms with van der Waals surface area (Å²) in [7, 11) is 1.60. The Kier molecular flexibility index (Phi) is 4.15. The van der Waals surface area contributed by atoms with E-state index in [1.54, 1.807) is 36.3 Å². The van der Waals surface area contributed by atoms with Crippen LogP contribution in [0.3, 0.4) is 0 Å². The summed E-state index contributed by atoms with van der Waals surface area (Å²) in [6.07, 6.45) is -0.0337. The van der Waals surface area contributed by atoms with Crippen molar-refractivity contribution in [3.8, 4) is 17.6 Å². The molecule has 1 aliphatic heterocycles. The van der Waals surface area contributed by atoms with Gasteiger partial charge in [-0.2, -0.15) is 5.26 Å². The summed E-state index contributed by atoms with van der Waals surface area (Å²) >= 11 is 0. The molecule has 23 heavy (non-hydrogen) atoms. The van der Waals surface area contributed by atoms with E-state index in [0.29, 0.717) is 35.7 Å². The van der Waals surface area contributed by atoms with E-state index < -0.39 is 0 Å². The first-order chi connectivity index (χ1) is 11.2. The first-order valence-electron chi connectivity index (χ1n) is 7.30. The SMILES string of the molecule is COc1ccccc1OC1CN(C(=O)c2ccc(C#N)cc2)C1. The number of carbonyl (C=O) groups excluding carboxylic acids is 1. The molecule has 0 radical (unpaired) electrons. The van der Waals surface area contributed by atoms with Crippen LogP contribution in [0.2, 0.25) is 0 Å². The predicted octanol–water partition coefficient (Wildman–Crippen LogP) is 2.47. The van der Waals surface area contributed by atoms with Crippen LogP contribution in [0.4, 0.5) is 0 Å². The average Bonchev–Trinajstić information content (AvgIpc) is 2.57. The average molecular weight is 308 g/mol. The lowest BCUT2D eigenvalue weighted by Crippen LogP contribution is -2.56. The second-order valence-electron chi connectivity index (χ2n) is 5.29. The van der Waals surface area contributed by atoms with Gasteiger partial charge >= 0.3 is 0 Å². The molecule has 0 saturated carbocycles. The Morgan fingerprint density at radius 1 is 1.13 bits per heavy atom. The van der Waals surface area contributed by atoms with E-state index in [1.165, 1.54) is 0 Å². The van der Waals surface area contributed by atoms with Crippen molar-refractivity contribution >= 4 is 5.91 Å². The summed E-state index contributed by atoms with van der Waals surface area (Å²) in [6, 6.07) is 16.1. The van der Waals surface area contributed by atoms with Gasteiger partial charge in [0, 0.05) is 5.56 Å². The number of likely N-dealkylation sites (tertiary alicyclic amines) is 1. The molecule has 5 heteroatoms. The second-order valence-corrected chi connectivity index (χ2v) is 5.29. The Balaban J connectivity index is 1.58. The molecule has 116 valence electrons. The molecule has 1 saturated heterocycles. The van der Waals surface area contributed by atoms with Crippen LogP contribution in [0.5, 0.6) is 11.5 Å². The first kappa shape index (κ1) is 14.9. The molecule has 0 aromatic heterocycles. The molecular formula is C18H16N2O3. The van der Waals surface area contributed by atoms with Gasteiger partial charge in [-0.05, 0) is 36.4 Å². The summed E-state index contributed by atoms with van der Waals surface area (Å²) in [6.45, 7) is 1.08. The van der Waals surface area contributed by atoms with Crippen LogP contribution >= 0.6 is 0 Å². The molecule has 0 bridgehead atoms. The minimum absolute atomic E-state index is 0.0337. The lowest BCUT2D eigenvalue weighted by Gasteiger charge is -2.39. The molecule has 0 unspecified atom stereocenters. The zero-order chi connectivity index (χ0) is 16.2. The molecule has 0 N–H and O–H groups in total. The fourth-order valence-corrected chi connectivity index (χ4v) is 2.44. The molecule has 2 aromatic carbocycles. The largest absolute Gasteiger partial charge is 0.493 e. The van der Waals surface area contributed by atoms with Gasteiger partial charge in [0.2, 0.25) is 0 Å². The van der Waals surface area contributed by atoms with Gasteiger partial charge in [-0.1, -0.05) is 12.1 Å². The van der Waals surface area contributed by atoms with Crippen molar-refractivity contribution in [2.75, 3.05) is 20.2 Å². The third kappa shape index (κ3) is 3.11. The summed E-state index contributed by atoms with van der Waals surface area (Å²) in [5.41, 5.74) is 1.13. The maximum absolute atomic E-state index is 12.3. The van der Waals surface area contributed by atoms with Crippen molar-refractivity contribution in [2.24, 2.45) is 0 Å². The lowest BCUT2D eigenvalue weighted by molar-refractivity contribution is 0.0169. The highest BCUT2D eigenvalue weighted by atomic mass is 16.5. The van der Waals surface area contributed by atoms with Crippen LogP contribution in [0.15, 0.2) is 48.5 Å². The summed E-state index contributed by atoms with van der Waals surface area (Å²) < 4.78 is 11.1. The maximum Gasteiger partial charge on any atom is 0.254 e. The minimum atomic E-state index is -0.0469. The minimum Gasteiger partial charge on any atom is -0.493 e. The van der Waals surface area contributed by atoms with E-state index in [1.807, 2.05) is 30.3 Å². The lowest BCUT2D eigenvalue weighted by atomic mass is 10.1. The van der Waals surface area contributed by atoms with Gasteiger partial charge in [0.05, 0.1) is 31.8 Å². The number of hydrogen-bond donors (Lipinski definition) is 0. The van der Waals surface area contributed by atoms with Crippen LogP contribution in [0.1, 0.15) is 15.9 Å². The van der Waals surface area contributed by atoms with Crippen LogP contribution in [0.25, 0.3) is 0 Å². The summed E-state index contributed by atoms with van der Waals surface area (Å²) in [4.78, 5) is 14.0. The van der Waals surface area contributed by atoms with Gasteiger partial charge in [0.15, 0.2) is 11.5 Å². The number of benzene rings is 2. The van der Waals surface area contributed by atoms with E-state index in [-0.39, 0.29) is 12.0 Å². The van der Waals surface area contributed by atoms with Crippen LogP contribution < -0.4 is 9.47 Å². The normalized spacial score (nSPS) is 13.8. The Morgan fingerprint density at radius 3 is 2.39 bits per heavy atom. The van der Waals surface area contributed by atoms with E-state index >= 15 is 0 Å². The monoisotopic (exact) mass is 308 g/mol. The smallest absolute Gasteiger partial charge is 0.254 e. The van der Waals surface area contributed by atoms with E-state index in [0.717, 1.165) is 0 Å². The molecule has 3 rings (SSSR count). The highest BCUT2D eigenvalue weighted by molar-refractivity contribution is 5.94. The second kappa shape index (κ2) is 6.41. The number of ether oxygens (including phenoxy) is 2. The van der Waals surface area contributed by atoms with Crippen LogP contribution in [0, 0.1) is 11.3 Å². The predicted molar refractivity (Wildman–Crippen MR) is 84.5 cm³/mol. The molecule has 1 aliphatic rings. The Hall–Kier alpha value is -3.00. The number of amides is 1. The fraction of sp³-hybridized carbons (Fsp3) is 0.222. The van der Waals surface area contributed by atoms with Gasteiger partial charge in [-0.25, -0.2) is 0 Å². The van der Waals surface area contributed by atoms with Crippen molar-refractivity contribution < 1.29 is 14.3 Å². The topological polar surface area (TPSA) is 62.6 Å². The van der Waals surface area contributed by atoms with Crippen LogP contribution in [-0.2, 0) is 0 Å². The third-order valence-corrected chi connectivity index (χ3v) is 3.76. The summed E-state index contributed by atoms with van der Waals surface area (Å²) in [5, 5.41) is 8.78. The van der Waals surface area contributed by atoms with Crippen molar-refractivity contribution in [3.05, 3.63) is 59.7 Å². The highest BCUT2D eigenvalue weighted by Gasteiger charge is 2.33. The van der Waals surface area contributed by atoms with E-state index in [9.17, 15) is 4.79 Å². The fourth-order valence-electron chi connectivity index (χ4n) is 2.44. The molecule has 0 atom stereocenters. The molecule has 0 spiro atoms. The Morgan fingerprint density at radius 2 is 1.78 bits per heavy atom. The Labute approximate surface area is 134 Å². The Bertz CT molecular complexity index is 744. The van der Waals surface area contributed by atoms with Crippen molar-refractivity contribution in [3.63, 3.8) is 0 Å². The maximum atomic E-state index is 12.3. The standard InChI is InChI=1S/C18H16N2O3/c1-22-16-4-2-3-5-17(16)23-15-11-20(12-15)18(21)14-8-6-13(10-19)7-9-14/h2-9,15H,11-12H2,1H3. The van der Waals surface area contributed by atoms with Crippen LogP contribution in [-0.4, -0.2) is 37.1 Å². The molecular weight excluding hydrogens is 292 g/mol. The van der Waals surface area contributed by atoms with Gasteiger partial charge < -0.3 is 14.4 Å². The molecule has 5 nitrogen and oxygen atoms in total. The van der Waals surface area contributed by atoms with Crippen molar-refractivity contribution in [2.45, 2.75) is 6.10 Å². The zero-order valence-corrected chi connectivity index (χ0v) is 12.7. The number of nitrogens with zero attached hydrogens (tertiary/aromatic N) is 2. The van der Waals surface area contributed by atoms with E-state index in [4.69, 9.17) is 14.7 Å². The summed E-state index contributed by atoms with van der Waals surface area (Å²) in [5.74, 6) is 1.32. The number of carbonyl (C=O) groups is 1. The van der Waals surface area contributed by atoms with Gasteiger partial charge in [-0.15, -0.1) is 0 Å². The number of methoxy groups -OCH3 is 1. The molecule has 1 fully saturated rings. The highest BCUT2D eigenvalue weighted by Crippen LogP contribution is 2.29. The quantitative estimate of drug-likeness (QED) is 0.870. The van der Waals surface area contributed by atoms with E-state index in [2.05, 4.69) is 0 Å². The van der Waals surface area contributed by atoms with Gasteiger partial charge in [0.25, 0.3) is 5.91 Å². The molecule has 2 aromatic rings.